The molecule has 4 nitrogen and oxygen atoms in total. The van der Waals surface area contributed by atoms with Crippen molar-refractivity contribution in [1.29, 1.82) is 0 Å². The zero-order valence-electron chi connectivity index (χ0n) is 11.8. The Morgan fingerprint density at radius 3 is 2.30 bits per heavy atom. The molecule has 1 heterocycles. The number of benzene rings is 2. The van der Waals surface area contributed by atoms with Crippen LogP contribution in [0, 0.1) is 6.92 Å². The van der Waals surface area contributed by atoms with E-state index in [2.05, 4.69) is 4.40 Å². The largest absolute Gasteiger partial charge is 0.436 e. The zero-order chi connectivity index (χ0) is 16.8. The maximum absolute atomic E-state index is 12.6. The Morgan fingerprint density at radius 2 is 1.70 bits per heavy atom. The smallest absolute Gasteiger partial charge is 0.416 e. The van der Waals surface area contributed by atoms with E-state index >= 15 is 0 Å². The fourth-order valence-corrected chi connectivity index (χ4v) is 3.25. The van der Waals surface area contributed by atoms with Crippen molar-refractivity contribution in [3.63, 3.8) is 0 Å². The average Bonchev–Trinajstić information content (AvgIpc) is 2.47. The first-order chi connectivity index (χ1) is 10.7. The predicted octanol–water partition coefficient (Wildman–Crippen LogP) is 3.54. The van der Waals surface area contributed by atoms with Gasteiger partial charge in [-0.1, -0.05) is 6.07 Å². The van der Waals surface area contributed by atoms with Gasteiger partial charge < -0.3 is 4.74 Å². The fourth-order valence-electron chi connectivity index (χ4n) is 2.10. The number of hydrogen-bond donors (Lipinski definition) is 0. The van der Waals surface area contributed by atoms with Gasteiger partial charge in [0.25, 0.3) is 10.0 Å². The predicted molar refractivity (Wildman–Crippen MR) is 77.0 cm³/mol. The third kappa shape index (κ3) is 2.94. The van der Waals surface area contributed by atoms with Crippen LogP contribution in [0.3, 0.4) is 0 Å². The molecule has 0 radical (unpaired) electrons. The van der Waals surface area contributed by atoms with Gasteiger partial charge in [0, 0.05) is 5.56 Å². The molecule has 23 heavy (non-hydrogen) atoms. The minimum atomic E-state index is -4.47. The second-order valence-electron chi connectivity index (χ2n) is 5.00. The summed E-state index contributed by atoms with van der Waals surface area (Å²) in [5.41, 5.74) is 0.0356. The van der Waals surface area contributed by atoms with Gasteiger partial charge in [0.2, 0.25) is 5.90 Å². The van der Waals surface area contributed by atoms with Crippen LogP contribution >= 0.6 is 0 Å². The second kappa shape index (κ2) is 5.09. The van der Waals surface area contributed by atoms with Crippen LogP contribution < -0.4 is 4.74 Å². The molecule has 0 spiro atoms. The van der Waals surface area contributed by atoms with Gasteiger partial charge in [-0.3, -0.25) is 0 Å². The molecule has 1 aliphatic heterocycles. The minimum absolute atomic E-state index is 0.0619. The van der Waals surface area contributed by atoms with Gasteiger partial charge in [-0.25, -0.2) is 0 Å². The quantitative estimate of drug-likeness (QED) is 0.797. The Hall–Kier alpha value is -2.35. The van der Waals surface area contributed by atoms with Crippen LogP contribution in [0.25, 0.3) is 0 Å². The van der Waals surface area contributed by atoms with E-state index in [-0.39, 0.29) is 22.1 Å². The molecule has 0 saturated carbocycles. The summed E-state index contributed by atoms with van der Waals surface area (Å²) in [7, 11) is -3.96. The number of alkyl halides is 3. The minimum Gasteiger partial charge on any atom is -0.436 e. The SMILES string of the molecule is Cc1ccc2c(c1)S(=O)(=O)N=C(c1ccc(C(F)(F)F)cc1)O2. The lowest BCUT2D eigenvalue weighted by Crippen LogP contribution is -2.20. The van der Waals surface area contributed by atoms with E-state index < -0.39 is 21.8 Å². The van der Waals surface area contributed by atoms with E-state index in [0.717, 1.165) is 29.8 Å². The van der Waals surface area contributed by atoms with Crippen molar-refractivity contribution in [1.82, 2.24) is 0 Å². The highest BCUT2D eigenvalue weighted by molar-refractivity contribution is 7.90. The monoisotopic (exact) mass is 341 g/mol. The van der Waals surface area contributed by atoms with Crippen LogP contribution in [0.1, 0.15) is 16.7 Å². The summed E-state index contributed by atoms with van der Waals surface area (Å²) in [6.45, 7) is 1.73. The summed E-state index contributed by atoms with van der Waals surface area (Å²) in [5, 5.41) is 0. The number of nitrogens with zero attached hydrogens (tertiary/aromatic N) is 1. The van der Waals surface area contributed by atoms with Crippen molar-refractivity contribution >= 4 is 15.9 Å². The maximum atomic E-state index is 12.6. The van der Waals surface area contributed by atoms with Crippen LogP contribution in [-0.2, 0) is 16.2 Å². The summed E-state index contributed by atoms with van der Waals surface area (Å²) in [4.78, 5) is -0.0619. The van der Waals surface area contributed by atoms with Crippen molar-refractivity contribution in [3.8, 4) is 5.75 Å². The zero-order valence-corrected chi connectivity index (χ0v) is 12.6. The molecule has 0 N–H and O–H groups in total. The van der Waals surface area contributed by atoms with E-state index in [1.807, 2.05) is 0 Å². The molecule has 0 unspecified atom stereocenters. The van der Waals surface area contributed by atoms with Gasteiger partial charge in [0.1, 0.15) is 10.6 Å². The third-order valence-electron chi connectivity index (χ3n) is 3.25. The van der Waals surface area contributed by atoms with Crippen LogP contribution in [-0.4, -0.2) is 14.3 Å². The Labute approximate surface area is 130 Å². The van der Waals surface area contributed by atoms with Crippen LogP contribution in [0.15, 0.2) is 51.8 Å². The van der Waals surface area contributed by atoms with Gasteiger partial charge in [0.05, 0.1) is 5.56 Å². The molecular weight excluding hydrogens is 331 g/mol. The van der Waals surface area contributed by atoms with E-state index in [1.54, 1.807) is 13.0 Å². The Kier molecular flexibility index (Phi) is 3.44. The number of fused-ring (bicyclic) bond motifs is 1. The van der Waals surface area contributed by atoms with Gasteiger partial charge in [-0.15, -0.1) is 4.40 Å². The Bertz CT molecular complexity index is 901. The summed E-state index contributed by atoms with van der Waals surface area (Å²) < 4.78 is 71.0. The molecule has 2 aromatic rings. The molecule has 0 amide bonds. The van der Waals surface area contributed by atoms with E-state index in [9.17, 15) is 21.6 Å². The van der Waals surface area contributed by atoms with Crippen LogP contribution in [0.4, 0.5) is 13.2 Å². The van der Waals surface area contributed by atoms with Crippen molar-refractivity contribution in [2.75, 3.05) is 0 Å². The molecule has 0 fully saturated rings. The first-order valence-corrected chi connectivity index (χ1v) is 7.92. The molecule has 0 bridgehead atoms. The maximum Gasteiger partial charge on any atom is 0.416 e. The number of rotatable bonds is 1. The molecule has 120 valence electrons. The van der Waals surface area contributed by atoms with E-state index in [1.165, 1.54) is 12.1 Å². The third-order valence-corrected chi connectivity index (χ3v) is 4.53. The molecule has 0 aromatic heterocycles. The number of halogens is 3. The second-order valence-corrected chi connectivity index (χ2v) is 6.57. The highest BCUT2D eigenvalue weighted by Crippen LogP contribution is 2.33. The van der Waals surface area contributed by atoms with Crippen molar-refractivity contribution < 1.29 is 26.3 Å². The Morgan fingerprint density at radius 1 is 1.04 bits per heavy atom. The van der Waals surface area contributed by atoms with Crippen LogP contribution in [0.5, 0.6) is 5.75 Å². The summed E-state index contributed by atoms with van der Waals surface area (Å²) >= 11 is 0. The molecule has 3 rings (SSSR count). The van der Waals surface area contributed by atoms with Crippen molar-refractivity contribution in [2.24, 2.45) is 4.40 Å². The standard InChI is InChI=1S/C15H10F3NO3S/c1-9-2-7-12-13(8-9)23(20,21)19-14(22-12)10-3-5-11(6-4-10)15(16,17)18/h2-8H,1H3. The van der Waals surface area contributed by atoms with Crippen molar-refractivity contribution in [3.05, 3.63) is 59.2 Å². The molecule has 0 atom stereocenters. The van der Waals surface area contributed by atoms with Gasteiger partial charge in [0.15, 0.2) is 0 Å². The lowest BCUT2D eigenvalue weighted by Gasteiger charge is -2.17. The van der Waals surface area contributed by atoms with Crippen molar-refractivity contribution in [2.45, 2.75) is 18.0 Å². The number of aryl methyl sites for hydroxylation is 1. The highest BCUT2D eigenvalue weighted by Gasteiger charge is 2.31. The first-order valence-electron chi connectivity index (χ1n) is 6.48. The normalized spacial score (nSPS) is 16.3. The Balaban J connectivity index is 2.03. The lowest BCUT2D eigenvalue weighted by molar-refractivity contribution is -0.137. The number of ether oxygens (including phenoxy) is 1. The summed E-state index contributed by atoms with van der Waals surface area (Å²) in [5.74, 6) is -0.157. The molecule has 1 aliphatic rings. The van der Waals surface area contributed by atoms with Gasteiger partial charge in [-0.2, -0.15) is 21.6 Å². The molecule has 0 saturated heterocycles. The molecular formula is C15H10F3NO3S. The van der Waals surface area contributed by atoms with E-state index in [4.69, 9.17) is 4.74 Å². The lowest BCUT2D eigenvalue weighted by atomic mass is 10.1. The molecule has 8 heteroatoms. The van der Waals surface area contributed by atoms with Gasteiger partial charge in [-0.05, 0) is 48.9 Å². The fraction of sp³-hybridized carbons (Fsp3) is 0.133. The van der Waals surface area contributed by atoms with E-state index in [0.29, 0.717) is 0 Å². The number of hydrogen-bond acceptors (Lipinski definition) is 3. The van der Waals surface area contributed by atoms with Crippen LogP contribution in [0.2, 0.25) is 0 Å². The molecule has 0 aliphatic carbocycles. The van der Waals surface area contributed by atoms with Gasteiger partial charge >= 0.3 is 6.18 Å². The molecule has 2 aromatic carbocycles. The summed E-state index contributed by atoms with van der Waals surface area (Å²) in [6, 6.07) is 8.52. The highest BCUT2D eigenvalue weighted by atomic mass is 32.2. The summed E-state index contributed by atoms with van der Waals surface area (Å²) in [6.07, 6.45) is -4.47. The number of sulfonamides is 1. The first kappa shape index (κ1) is 15.5. The topological polar surface area (TPSA) is 55.7 Å². The average molecular weight is 341 g/mol.